The molecule has 3 heterocycles. The van der Waals surface area contributed by atoms with E-state index >= 15 is 0 Å². The molecule has 0 aliphatic carbocycles. The number of H-pyrrole nitrogens is 2. The zero-order valence-electron chi connectivity index (χ0n) is 20.1. The van der Waals surface area contributed by atoms with Gasteiger partial charge in [0.15, 0.2) is 5.82 Å². The summed E-state index contributed by atoms with van der Waals surface area (Å²) in [5, 5.41) is 10.0. The summed E-state index contributed by atoms with van der Waals surface area (Å²) in [6.07, 6.45) is 1.58. The summed E-state index contributed by atoms with van der Waals surface area (Å²) in [5.41, 5.74) is 4.03. The van der Waals surface area contributed by atoms with Gasteiger partial charge in [0, 0.05) is 26.2 Å². The molecule has 3 N–H and O–H groups in total. The number of benzene rings is 1. The van der Waals surface area contributed by atoms with Crippen molar-refractivity contribution in [2.45, 2.75) is 33.1 Å². The van der Waals surface area contributed by atoms with E-state index < -0.39 is 5.41 Å². The molecular weight excluding hydrogens is 420 g/mol. The molecule has 1 aliphatic rings. The van der Waals surface area contributed by atoms with Gasteiger partial charge in [-0.3, -0.25) is 9.89 Å². The van der Waals surface area contributed by atoms with E-state index in [0.29, 0.717) is 36.8 Å². The van der Waals surface area contributed by atoms with Gasteiger partial charge in [0.05, 0.1) is 34.0 Å². The summed E-state index contributed by atoms with van der Waals surface area (Å²) >= 11 is 0. The first-order valence-electron chi connectivity index (χ1n) is 11.3. The number of aromatic nitrogens is 4. The van der Waals surface area contributed by atoms with Crippen LogP contribution in [0.2, 0.25) is 0 Å². The van der Waals surface area contributed by atoms with Crippen LogP contribution >= 0.6 is 0 Å². The van der Waals surface area contributed by atoms with E-state index in [9.17, 15) is 9.59 Å². The maximum Gasteiger partial charge on any atom is 0.321 e. The number of anilines is 2. The first kappa shape index (κ1) is 22.8. The normalized spacial score (nSPS) is 14.9. The molecule has 10 heteroatoms. The first-order valence-corrected chi connectivity index (χ1v) is 11.3. The SMILES string of the molecule is CCN(CCN(C)C)C(=O)Nc1cn[nH]c1-c1nc2cc3c(cc2[nH]1)C(C)(C)C(=O)N3CC. The third-order valence-corrected chi connectivity index (χ3v) is 6.26. The average Bonchev–Trinajstić information content (AvgIpc) is 3.43. The molecule has 0 radical (unpaired) electrons. The minimum Gasteiger partial charge on any atom is -0.337 e. The molecule has 0 spiro atoms. The van der Waals surface area contributed by atoms with E-state index in [-0.39, 0.29) is 11.9 Å². The number of nitrogens with zero attached hydrogens (tertiary/aromatic N) is 5. The smallest absolute Gasteiger partial charge is 0.321 e. The molecule has 10 nitrogen and oxygen atoms in total. The molecule has 0 atom stereocenters. The second kappa shape index (κ2) is 8.51. The van der Waals surface area contributed by atoms with Crippen molar-refractivity contribution in [1.29, 1.82) is 0 Å². The molecule has 0 saturated carbocycles. The Morgan fingerprint density at radius 2 is 1.97 bits per heavy atom. The van der Waals surface area contributed by atoms with Crippen LogP contribution in [0.1, 0.15) is 33.3 Å². The minimum absolute atomic E-state index is 0.0983. The second-order valence-corrected chi connectivity index (χ2v) is 9.12. The largest absolute Gasteiger partial charge is 0.337 e. The van der Waals surface area contributed by atoms with Crippen molar-refractivity contribution in [3.63, 3.8) is 0 Å². The van der Waals surface area contributed by atoms with Crippen molar-refractivity contribution in [3.05, 3.63) is 23.9 Å². The standard InChI is InChI=1S/C23H32N8O2/c1-7-30(10-9-29(5)6)22(33)27-17-13-24-28-19(17)20-25-15-11-14-18(12-16(15)26-20)31(8-2)21(32)23(14,3)4/h11-13H,7-10H2,1-6H3,(H,24,28)(H,25,26)(H,27,33). The second-order valence-electron chi connectivity index (χ2n) is 9.12. The van der Waals surface area contributed by atoms with E-state index in [0.717, 1.165) is 28.8 Å². The minimum atomic E-state index is -0.589. The fraction of sp³-hybridized carbons (Fsp3) is 0.478. The summed E-state index contributed by atoms with van der Waals surface area (Å²) in [5.74, 6) is 0.672. The molecule has 2 aromatic heterocycles. The van der Waals surface area contributed by atoms with Gasteiger partial charge in [0.1, 0.15) is 5.69 Å². The van der Waals surface area contributed by atoms with Crippen molar-refractivity contribution in [2.75, 3.05) is 50.5 Å². The van der Waals surface area contributed by atoms with Crippen molar-refractivity contribution >= 4 is 34.3 Å². The van der Waals surface area contributed by atoms with Gasteiger partial charge in [-0.05, 0) is 59.5 Å². The van der Waals surface area contributed by atoms with Gasteiger partial charge in [-0.15, -0.1) is 0 Å². The lowest BCUT2D eigenvalue weighted by atomic mass is 9.86. The predicted octanol–water partition coefficient (Wildman–Crippen LogP) is 3.01. The number of amides is 3. The van der Waals surface area contributed by atoms with Gasteiger partial charge in [-0.2, -0.15) is 5.10 Å². The molecule has 1 aromatic carbocycles. The summed E-state index contributed by atoms with van der Waals surface area (Å²) < 4.78 is 0. The fourth-order valence-electron chi connectivity index (χ4n) is 4.24. The molecule has 3 amide bonds. The lowest BCUT2D eigenvalue weighted by molar-refractivity contribution is -0.122. The number of carbonyl (C=O) groups is 2. The Balaban J connectivity index is 1.64. The maximum absolute atomic E-state index is 12.8. The molecule has 0 saturated heterocycles. The van der Waals surface area contributed by atoms with Crippen LogP contribution < -0.4 is 10.2 Å². The van der Waals surface area contributed by atoms with Gasteiger partial charge in [0.2, 0.25) is 5.91 Å². The van der Waals surface area contributed by atoms with Crippen molar-refractivity contribution in [1.82, 2.24) is 30.0 Å². The summed E-state index contributed by atoms with van der Waals surface area (Å²) in [6.45, 7) is 10.4. The van der Waals surface area contributed by atoms with Crippen LogP contribution in [-0.2, 0) is 10.2 Å². The Labute approximate surface area is 193 Å². The number of urea groups is 1. The Morgan fingerprint density at radius 1 is 1.21 bits per heavy atom. The Kier molecular flexibility index (Phi) is 5.87. The van der Waals surface area contributed by atoms with Gasteiger partial charge >= 0.3 is 6.03 Å². The maximum atomic E-state index is 12.8. The predicted molar refractivity (Wildman–Crippen MR) is 130 cm³/mol. The monoisotopic (exact) mass is 452 g/mol. The Bertz CT molecular complexity index is 1190. The number of rotatable bonds is 7. The average molecular weight is 453 g/mol. The van der Waals surface area contributed by atoms with Crippen molar-refractivity contribution in [3.8, 4) is 11.5 Å². The molecule has 0 unspecified atom stereocenters. The van der Waals surface area contributed by atoms with E-state index in [1.165, 1.54) is 0 Å². The Morgan fingerprint density at radius 3 is 2.64 bits per heavy atom. The van der Waals surface area contributed by atoms with Gasteiger partial charge in [-0.1, -0.05) is 0 Å². The molecule has 33 heavy (non-hydrogen) atoms. The lowest BCUT2D eigenvalue weighted by Crippen LogP contribution is -2.39. The van der Waals surface area contributed by atoms with Crippen LogP contribution in [0.15, 0.2) is 18.3 Å². The van der Waals surface area contributed by atoms with Gasteiger partial charge < -0.3 is 25.0 Å². The fourth-order valence-corrected chi connectivity index (χ4v) is 4.24. The Hall–Kier alpha value is -3.40. The zero-order chi connectivity index (χ0) is 23.9. The highest BCUT2D eigenvalue weighted by molar-refractivity contribution is 6.09. The van der Waals surface area contributed by atoms with Crippen LogP contribution in [0.3, 0.4) is 0 Å². The topological polar surface area (TPSA) is 113 Å². The van der Waals surface area contributed by atoms with E-state index in [4.69, 9.17) is 4.98 Å². The molecular formula is C23H32N8O2. The van der Waals surface area contributed by atoms with Crippen LogP contribution in [0.25, 0.3) is 22.6 Å². The number of hydrogen-bond donors (Lipinski definition) is 3. The van der Waals surface area contributed by atoms with Crippen LogP contribution in [-0.4, -0.2) is 82.2 Å². The number of aromatic amines is 2. The van der Waals surface area contributed by atoms with Crippen LogP contribution in [0.4, 0.5) is 16.2 Å². The summed E-state index contributed by atoms with van der Waals surface area (Å²) in [6, 6.07) is 3.77. The summed E-state index contributed by atoms with van der Waals surface area (Å²) in [4.78, 5) is 39.3. The third-order valence-electron chi connectivity index (χ3n) is 6.26. The lowest BCUT2D eigenvalue weighted by Gasteiger charge is -2.23. The molecule has 176 valence electrons. The molecule has 0 fully saturated rings. The van der Waals surface area contributed by atoms with Crippen molar-refractivity contribution < 1.29 is 9.59 Å². The van der Waals surface area contributed by atoms with Gasteiger partial charge in [0.25, 0.3) is 0 Å². The third kappa shape index (κ3) is 3.95. The number of imidazole rings is 1. The quantitative estimate of drug-likeness (QED) is 0.510. The molecule has 3 aromatic rings. The number of nitrogens with one attached hydrogen (secondary N) is 3. The summed E-state index contributed by atoms with van der Waals surface area (Å²) in [7, 11) is 3.96. The molecule has 4 rings (SSSR count). The van der Waals surface area contributed by atoms with Crippen LogP contribution in [0.5, 0.6) is 0 Å². The number of likely N-dealkylation sites (N-methyl/N-ethyl adjacent to an activating group) is 3. The highest BCUT2D eigenvalue weighted by Crippen LogP contribution is 2.43. The highest BCUT2D eigenvalue weighted by Gasteiger charge is 2.43. The molecule has 0 bridgehead atoms. The number of carbonyl (C=O) groups excluding carboxylic acids is 2. The first-order chi connectivity index (χ1) is 15.7. The molecule has 1 aliphatic heterocycles. The van der Waals surface area contributed by atoms with E-state index in [1.807, 2.05) is 58.8 Å². The highest BCUT2D eigenvalue weighted by atomic mass is 16.2. The number of hydrogen-bond acceptors (Lipinski definition) is 5. The zero-order valence-corrected chi connectivity index (χ0v) is 20.1. The number of fused-ring (bicyclic) bond motifs is 2. The van der Waals surface area contributed by atoms with Gasteiger partial charge in [-0.25, -0.2) is 9.78 Å². The van der Waals surface area contributed by atoms with Crippen molar-refractivity contribution in [2.24, 2.45) is 0 Å². The van der Waals surface area contributed by atoms with E-state index in [1.54, 1.807) is 16.0 Å². The van der Waals surface area contributed by atoms with E-state index in [2.05, 4.69) is 20.5 Å². The van der Waals surface area contributed by atoms with Crippen LogP contribution in [0, 0.1) is 0 Å².